The van der Waals surface area contributed by atoms with Crippen LogP contribution in [0.3, 0.4) is 0 Å². The molecule has 1 aliphatic rings. The summed E-state index contributed by atoms with van der Waals surface area (Å²) < 4.78 is 5.70. The Hall–Kier alpha value is -1.90. The maximum Gasteiger partial charge on any atom is 0.203 e. The summed E-state index contributed by atoms with van der Waals surface area (Å²) in [7, 11) is 0. The predicted octanol–water partition coefficient (Wildman–Crippen LogP) is 2.62. The van der Waals surface area contributed by atoms with Crippen LogP contribution in [0, 0.1) is 6.92 Å². The molecule has 1 aromatic heterocycles. The molecule has 0 radical (unpaired) electrons. The van der Waals surface area contributed by atoms with Crippen molar-refractivity contribution >= 4 is 16.8 Å². The summed E-state index contributed by atoms with van der Waals surface area (Å²) in [5.41, 5.74) is 1.73. The highest BCUT2D eigenvalue weighted by Gasteiger charge is 2.24. The number of hydrogen-bond donors (Lipinski definition) is 0. The number of benzene rings is 1. The smallest absolute Gasteiger partial charge is 0.203 e. The van der Waals surface area contributed by atoms with Gasteiger partial charge in [0.2, 0.25) is 5.43 Å². The molecule has 0 saturated heterocycles. The fraction of sp³-hybridized carbons (Fsp3) is 0.286. The standard InChI is InChI=1S/C14H12O3/c1-8-5-6-9-12(7-8)17-11-4-2-3-10(15)13(11)14(9)16/h5-7H,2-4H2,1H3. The Morgan fingerprint density at radius 1 is 1.18 bits per heavy atom. The molecule has 0 N–H and O–H groups in total. The predicted molar refractivity (Wildman–Crippen MR) is 64.5 cm³/mol. The Balaban J connectivity index is 2.43. The van der Waals surface area contributed by atoms with Crippen LogP contribution in [0.5, 0.6) is 0 Å². The van der Waals surface area contributed by atoms with E-state index in [1.165, 1.54) is 0 Å². The molecule has 0 aliphatic heterocycles. The number of fused-ring (bicyclic) bond motifs is 2. The minimum absolute atomic E-state index is 0.0810. The van der Waals surface area contributed by atoms with Crippen molar-refractivity contribution in [2.24, 2.45) is 0 Å². The molecule has 0 saturated carbocycles. The topological polar surface area (TPSA) is 47.3 Å². The van der Waals surface area contributed by atoms with Crippen LogP contribution in [0.2, 0.25) is 0 Å². The molecular weight excluding hydrogens is 216 g/mol. The molecule has 2 aromatic rings. The van der Waals surface area contributed by atoms with Gasteiger partial charge in [0.1, 0.15) is 16.9 Å². The number of aryl methyl sites for hydroxylation is 2. The largest absolute Gasteiger partial charge is 0.460 e. The first kappa shape index (κ1) is 10.3. The van der Waals surface area contributed by atoms with Crippen molar-refractivity contribution in [1.82, 2.24) is 0 Å². The zero-order valence-corrected chi connectivity index (χ0v) is 9.58. The van der Waals surface area contributed by atoms with E-state index in [0.717, 1.165) is 12.0 Å². The van der Waals surface area contributed by atoms with E-state index < -0.39 is 0 Å². The second-order valence-electron chi connectivity index (χ2n) is 4.51. The quantitative estimate of drug-likeness (QED) is 0.696. The second-order valence-corrected chi connectivity index (χ2v) is 4.51. The van der Waals surface area contributed by atoms with E-state index in [9.17, 15) is 9.59 Å². The highest BCUT2D eigenvalue weighted by molar-refractivity contribution is 6.00. The number of rotatable bonds is 0. The summed E-state index contributed by atoms with van der Waals surface area (Å²) in [4.78, 5) is 24.0. The van der Waals surface area contributed by atoms with Gasteiger partial charge in [0.15, 0.2) is 5.78 Å². The maximum absolute atomic E-state index is 12.2. The van der Waals surface area contributed by atoms with Crippen LogP contribution in [0.4, 0.5) is 0 Å². The fourth-order valence-corrected chi connectivity index (χ4v) is 2.34. The minimum atomic E-state index is -0.175. The van der Waals surface area contributed by atoms with Gasteiger partial charge in [-0.15, -0.1) is 0 Å². The van der Waals surface area contributed by atoms with Crippen molar-refractivity contribution in [2.75, 3.05) is 0 Å². The number of ketones is 1. The summed E-state index contributed by atoms with van der Waals surface area (Å²) in [5.74, 6) is 0.479. The Kier molecular flexibility index (Phi) is 2.15. The molecule has 3 nitrogen and oxygen atoms in total. The Labute approximate surface area is 98.1 Å². The molecule has 1 heterocycles. The lowest BCUT2D eigenvalue weighted by Crippen LogP contribution is -2.22. The van der Waals surface area contributed by atoms with Gasteiger partial charge in [0.25, 0.3) is 0 Å². The Bertz CT molecular complexity index is 680. The van der Waals surface area contributed by atoms with Gasteiger partial charge < -0.3 is 4.42 Å². The molecule has 3 rings (SSSR count). The summed E-state index contributed by atoms with van der Waals surface area (Å²) in [6.45, 7) is 1.95. The average molecular weight is 228 g/mol. The van der Waals surface area contributed by atoms with Gasteiger partial charge in [-0.25, -0.2) is 0 Å². The van der Waals surface area contributed by atoms with Crippen molar-refractivity contribution in [3.8, 4) is 0 Å². The summed E-state index contributed by atoms with van der Waals surface area (Å²) in [6.07, 6.45) is 1.90. The van der Waals surface area contributed by atoms with Crippen LogP contribution in [-0.4, -0.2) is 5.78 Å². The summed E-state index contributed by atoms with van der Waals surface area (Å²) in [5, 5.41) is 0.504. The lowest BCUT2D eigenvalue weighted by atomic mass is 9.94. The number of hydrogen-bond acceptors (Lipinski definition) is 3. The van der Waals surface area contributed by atoms with E-state index in [2.05, 4.69) is 0 Å². The van der Waals surface area contributed by atoms with Crippen LogP contribution in [0.15, 0.2) is 27.4 Å². The molecular formula is C14H12O3. The van der Waals surface area contributed by atoms with Gasteiger partial charge in [-0.2, -0.15) is 0 Å². The third-order valence-corrected chi connectivity index (χ3v) is 3.21. The van der Waals surface area contributed by atoms with Gasteiger partial charge in [0, 0.05) is 12.8 Å². The third-order valence-electron chi connectivity index (χ3n) is 3.21. The molecule has 17 heavy (non-hydrogen) atoms. The van der Waals surface area contributed by atoms with Crippen molar-refractivity contribution < 1.29 is 9.21 Å². The SMILES string of the molecule is Cc1ccc2c(=O)c3c(oc2c1)CCCC3=O. The normalized spacial score (nSPS) is 15.0. The molecule has 0 amide bonds. The van der Waals surface area contributed by atoms with Gasteiger partial charge in [-0.3, -0.25) is 9.59 Å². The summed E-state index contributed by atoms with van der Waals surface area (Å²) in [6, 6.07) is 5.44. The maximum atomic E-state index is 12.2. The number of Topliss-reactive ketones (excluding diaryl/α,β-unsaturated/α-hetero) is 1. The monoisotopic (exact) mass is 228 g/mol. The molecule has 0 fully saturated rings. The van der Waals surface area contributed by atoms with Crippen molar-refractivity contribution in [2.45, 2.75) is 26.2 Å². The second kappa shape index (κ2) is 3.55. The summed E-state index contributed by atoms with van der Waals surface area (Å²) >= 11 is 0. The van der Waals surface area contributed by atoms with Crippen LogP contribution in [0.25, 0.3) is 11.0 Å². The lowest BCUT2D eigenvalue weighted by Gasteiger charge is -2.13. The molecule has 3 heteroatoms. The lowest BCUT2D eigenvalue weighted by molar-refractivity contribution is 0.0966. The first-order chi connectivity index (χ1) is 8.16. The van der Waals surface area contributed by atoms with Gasteiger partial charge in [0.05, 0.1) is 5.39 Å². The minimum Gasteiger partial charge on any atom is -0.460 e. The molecule has 0 atom stereocenters. The van der Waals surface area contributed by atoms with Crippen molar-refractivity contribution in [1.29, 1.82) is 0 Å². The highest BCUT2D eigenvalue weighted by atomic mass is 16.3. The first-order valence-electron chi connectivity index (χ1n) is 5.76. The fourth-order valence-electron chi connectivity index (χ4n) is 2.34. The molecule has 0 spiro atoms. The van der Waals surface area contributed by atoms with Crippen LogP contribution >= 0.6 is 0 Å². The van der Waals surface area contributed by atoms with E-state index in [0.29, 0.717) is 29.6 Å². The van der Waals surface area contributed by atoms with E-state index in [1.54, 1.807) is 6.07 Å². The van der Waals surface area contributed by atoms with Gasteiger partial charge in [-0.1, -0.05) is 6.07 Å². The zero-order chi connectivity index (χ0) is 12.0. The van der Waals surface area contributed by atoms with Crippen molar-refractivity contribution in [3.63, 3.8) is 0 Å². The number of carbonyl (C=O) groups is 1. The highest BCUT2D eigenvalue weighted by Crippen LogP contribution is 2.23. The zero-order valence-electron chi connectivity index (χ0n) is 9.58. The van der Waals surface area contributed by atoms with Gasteiger partial charge >= 0.3 is 0 Å². The number of carbonyl (C=O) groups excluding carboxylic acids is 1. The van der Waals surface area contributed by atoms with Crippen LogP contribution in [0.1, 0.15) is 34.5 Å². The first-order valence-corrected chi connectivity index (χ1v) is 5.76. The van der Waals surface area contributed by atoms with E-state index in [4.69, 9.17) is 4.42 Å². The van der Waals surface area contributed by atoms with Crippen molar-refractivity contribution in [3.05, 3.63) is 45.3 Å². The van der Waals surface area contributed by atoms with Gasteiger partial charge in [-0.05, 0) is 31.0 Å². The Morgan fingerprint density at radius 2 is 2.00 bits per heavy atom. The molecule has 86 valence electrons. The molecule has 0 unspecified atom stereocenters. The molecule has 1 aromatic carbocycles. The Morgan fingerprint density at radius 3 is 2.82 bits per heavy atom. The van der Waals surface area contributed by atoms with Crippen LogP contribution < -0.4 is 5.43 Å². The van der Waals surface area contributed by atoms with E-state index in [1.807, 2.05) is 19.1 Å². The van der Waals surface area contributed by atoms with E-state index >= 15 is 0 Å². The van der Waals surface area contributed by atoms with Crippen LogP contribution in [-0.2, 0) is 6.42 Å². The average Bonchev–Trinajstić information content (AvgIpc) is 2.28. The third kappa shape index (κ3) is 1.50. The molecule has 1 aliphatic carbocycles. The van der Waals surface area contributed by atoms with E-state index in [-0.39, 0.29) is 16.8 Å². The molecule has 0 bridgehead atoms.